The third-order valence-electron chi connectivity index (χ3n) is 6.26. The fourth-order valence-corrected chi connectivity index (χ4v) is 6.40. The van der Waals surface area contributed by atoms with Crippen molar-refractivity contribution in [1.29, 1.82) is 0 Å². The lowest BCUT2D eigenvalue weighted by Crippen LogP contribution is -1.83. The number of rotatable bonds is 5. The Morgan fingerprint density at radius 1 is 0.278 bits per heavy atom. The summed E-state index contributed by atoms with van der Waals surface area (Å²) in [6, 6.07) is 42.9. The Morgan fingerprint density at radius 2 is 0.500 bits per heavy atom. The highest BCUT2D eigenvalue weighted by Gasteiger charge is 2.06. The summed E-state index contributed by atoms with van der Waals surface area (Å²) in [6.45, 7) is 0. The summed E-state index contributed by atoms with van der Waals surface area (Å²) < 4.78 is 1.63. The van der Waals surface area contributed by atoms with Crippen molar-refractivity contribution < 1.29 is 0 Å². The second-order valence-electron chi connectivity index (χ2n) is 8.52. The standard InChI is InChI=1S/C32H20Cl2S2/c33-31-19-17-29(35-31)27-13-9-25(10-14-27)23-5-1-21(2-6-23)22-3-7-24(8-4-22)26-11-15-28(16-12-26)30-18-20-32(34)36-30/h1-20H. The van der Waals surface area contributed by atoms with E-state index in [0.717, 1.165) is 8.67 Å². The van der Waals surface area contributed by atoms with Crippen LogP contribution in [0.5, 0.6) is 0 Å². The van der Waals surface area contributed by atoms with Gasteiger partial charge >= 0.3 is 0 Å². The van der Waals surface area contributed by atoms with Crippen LogP contribution in [0.25, 0.3) is 54.3 Å². The molecule has 0 unspecified atom stereocenters. The maximum Gasteiger partial charge on any atom is 0.0934 e. The van der Waals surface area contributed by atoms with E-state index in [1.54, 1.807) is 22.7 Å². The predicted octanol–water partition coefficient (Wildman–Crippen LogP) is 11.5. The summed E-state index contributed by atoms with van der Waals surface area (Å²) in [4.78, 5) is 2.38. The molecule has 0 fully saturated rings. The van der Waals surface area contributed by atoms with Crippen LogP contribution >= 0.6 is 45.9 Å². The maximum atomic E-state index is 6.09. The van der Waals surface area contributed by atoms with Gasteiger partial charge in [0.05, 0.1) is 8.67 Å². The fraction of sp³-hybridized carbons (Fsp3) is 0. The van der Waals surface area contributed by atoms with E-state index in [9.17, 15) is 0 Å². The number of halogens is 2. The molecule has 0 bridgehead atoms. The minimum Gasteiger partial charge on any atom is -0.123 e. The second kappa shape index (κ2) is 10.1. The first-order valence-corrected chi connectivity index (χ1v) is 13.9. The molecule has 36 heavy (non-hydrogen) atoms. The molecule has 6 rings (SSSR count). The number of thiophene rings is 2. The largest absolute Gasteiger partial charge is 0.123 e. The molecular formula is C32H20Cl2S2. The van der Waals surface area contributed by atoms with E-state index in [1.807, 2.05) is 12.1 Å². The van der Waals surface area contributed by atoms with E-state index in [0.29, 0.717) is 0 Å². The molecule has 6 aromatic rings. The molecule has 0 nitrogen and oxygen atoms in total. The number of benzene rings is 4. The molecule has 0 saturated carbocycles. The molecule has 0 amide bonds. The van der Waals surface area contributed by atoms with Gasteiger partial charge in [-0.1, -0.05) is 120 Å². The summed E-state index contributed by atoms with van der Waals surface area (Å²) in [7, 11) is 0. The van der Waals surface area contributed by atoms with Gasteiger partial charge in [0.25, 0.3) is 0 Å². The molecule has 0 spiro atoms. The molecule has 0 aliphatic carbocycles. The molecule has 0 saturated heterocycles. The average Bonchev–Trinajstić information content (AvgIpc) is 3.57. The van der Waals surface area contributed by atoms with Crippen molar-refractivity contribution in [3.63, 3.8) is 0 Å². The van der Waals surface area contributed by atoms with Crippen molar-refractivity contribution in [2.75, 3.05) is 0 Å². The summed E-state index contributed by atoms with van der Waals surface area (Å²) in [5.41, 5.74) is 9.63. The number of hydrogen-bond acceptors (Lipinski definition) is 2. The second-order valence-corrected chi connectivity index (χ2v) is 11.9. The van der Waals surface area contributed by atoms with Crippen LogP contribution in [-0.4, -0.2) is 0 Å². The molecule has 0 aliphatic rings. The molecule has 174 valence electrons. The zero-order valence-electron chi connectivity index (χ0n) is 19.1. The van der Waals surface area contributed by atoms with Crippen LogP contribution in [0.1, 0.15) is 0 Å². The van der Waals surface area contributed by atoms with Crippen LogP contribution in [0.4, 0.5) is 0 Å². The van der Waals surface area contributed by atoms with Gasteiger partial charge in [-0.05, 0) is 68.8 Å². The minimum absolute atomic E-state index is 0.815. The van der Waals surface area contributed by atoms with Crippen LogP contribution in [0.3, 0.4) is 0 Å². The predicted molar refractivity (Wildman–Crippen MR) is 159 cm³/mol. The van der Waals surface area contributed by atoms with Gasteiger partial charge in [0.1, 0.15) is 0 Å². The third kappa shape index (κ3) is 4.91. The van der Waals surface area contributed by atoms with Crippen molar-refractivity contribution in [3.8, 4) is 54.3 Å². The molecule has 0 atom stereocenters. The lowest BCUT2D eigenvalue weighted by atomic mass is 9.97. The lowest BCUT2D eigenvalue weighted by Gasteiger charge is -2.08. The molecule has 0 N–H and O–H groups in total. The zero-order chi connectivity index (χ0) is 24.5. The zero-order valence-corrected chi connectivity index (χ0v) is 22.3. The van der Waals surface area contributed by atoms with Crippen LogP contribution in [0.15, 0.2) is 121 Å². The third-order valence-corrected chi connectivity index (χ3v) is 8.82. The Balaban J connectivity index is 1.17. The van der Waals surface area contributed by atoms with Gasteiger partial charge in [0, 0.05) is 9.75 Å². The van der Waals surface area contributed by atoms with Crippen LogP contribution < -0.4 is 0 Å². The topological polar surface area (TPSA) is 0 Å². The lowest BCUT2D eigenvalue weighted by molar-refractivity contribution is 1.57. The summed E-state index contributed by atoms with van der Waals surface area (Å²) in [5, 5.41) is 0. The van der Waals surface area contributed by atoms with Gasteiger partial charge < -0.3 is 0 Å². The van der Waals surface area contributed by atoms with E-state index < -0.39 is 0 Å². The summed E-state index contributed by atoms with van der Waals surface area (Å²) >= 11 is 15.4. The monoisotopic (exact) mass is 538 g/mol. The molecule has 4 aromatic carbocycles. The SMILES string of the molecule is Clc1ccc(-c2ccc(-c3ccc(-c4ccc(-c5ccc(-c6ccc(Cl)s6)cc5)cc4)cc3)cc2)s1. The fourth-order valence-electron chi connectivity index (χ4n) is 4.30. The Labute approximate surface area is 229 Å². The van der Waals surface area contributed by atoms with E-state index in [-0.39, 0.29) is 0 Å². The highest BCUT2D eigenvalue weighted by molar-refractivity contribution is 7.19. The maximum absolute atomic E-state index is 6.09. The number of hydrogen-bond donors (Lipinski definition) is 0. The normalized spacial score (nSPS) is 11.1. The molecule has 0 aliphatic heterocycles. The first-order chi connectivity index (χ1) is 17.6. The van der Waals surface area contributed by atoms with Gasteiger partial charge in [0.15, 0.2) is 0 Å². The van der Waals surface area contributed by atoms with Crippen molar-refractivity contribution >= 4 is 45.9 Å². The molecular weight excluding hydrogens is 519 g/mol. The molecule has 4 heteroatoms. The van der Waals surface area contributed by atoms with E-state index >= 15 is 0 Å². The van der Waals surface area contributed by atoms with Crippen LogP contribution in [0, 0.1) is 0 Å². The first kappa shape index (κ1) is 23.3. The quantitative estimate of drug-likeness (QED) is 0.204. The summed E-state index contributed by atoms with van der Waals surface area (Å²) in [5.74, 6) is 0. The minimum atomic E-state index is 0.815. The molecule has 2 aromatic heterocycles. The van der Waals surface area contributed by atoms with E-state index in [2.05, 4.69) is 109 Å². The van der Waals surface area contributed by atoms with Gasteiger partial charge in [-0.3, -0.25) is 0 Å². The van der Waals surface area contributed by atoms with Crippen molar-refractivity contribution in [2.24, 2.45) is 0 Å². The first-order valence-electron chi connectivity index (χ1n) is 11.6. The van der Waals surface area contributed by atoms with Gasteiger partial charge in [-0.15, -0.1) is 22.7 Å². The van der Waals surface area contributed by atoms with Crippen molar-refractivity contribution in [3.05, 3.63) is 130 Å². The molecule has 0 radical (unpaired) electrons. The Morgan fingerprint density at radius 3 is 0.694 bits per heavy atom. The Bertz CT molecular complexity index is 1480. The van der Waals surface area contributed by atoms with E-state index in [4.69, 9.17) is 23.2 Å². The average molecular weight is 540 g/mol. The Hall–Kier alpha value is -3.14. The van der Waals surface area contributed by atoms with E-state index in [1.165, 1.54) is 54.3 Å². The van der Waals surface area contributed by atoms with Gasteiger partial charge in [-0.25, -0.2) is 0 Å². The highest BCUT2D eigenvalue weighted by Crippen LogP contribution is 2.34. The van der Waals surface area contributed by atoms with Crippen molar-refractivity contribution in [1.82, 2.24) is 0 Å². The van der Waals surface area contributed by atoms with Gasteiger partial charge in [-0.2, -0.15) is 0 Å². The van der Waals surface area contributed by atoms with Gasteiger partial charge in [0.2, 0.25) is 0 Å². The highest BCUT2D eigenvalue weighted by atomic mass is 35.5. The van der Waals surface area contributed by atoms with Crippen LogP contribution in [0.2, 0.25) is 8.67 Å². The molecule has 2 heterocycles. The summed E-state index contributed by atoms with van der Waals surface area (Å²) in [6.07, 6.45) is 0. The van der Waals surface area contributed by atoms with Crippen molar-refractivity contribution in [2.45, 2.75) is 0 Å². The Kier molecular flexibility index (Phi) is 6.52. The van der Waals surface area contributed by atoms with Crippen LogP contribution in [-0.2, 0) is 0 Å². The smallest absolute Gasteiger partial charge is 0.0934 e.